The van der Waals surface area contributed by atoms with Crippen molar-refractivity contribution >= 4 is 15.9 Å². The van der Waals surface area contributed by atoms with Gasteiger partial charge in [0.15, 0.2) is 0 Å². The monoisotopic (exact) mass is 211 g/mol. The van der Waals surface area contributed by atoms with Gasteiger partial charge in [-0.15, -0.1) is 0 Å². The number of hydrogen-bond donors (Lipinski definition) is 2. The molecule has 3 N–H and O–H groups in total. The molecule has 0 saturated carbocycles. The molecule has 6 heteroatoms. The first-order chi connectivity index (χ1) is 6.51. The van der Waals surface area contributed by atoms with Gasteiger partial charge in [0.1, 0.15) is 0 Å². The van der Waals surface area contributed by atoms with Crippen LogP contribution in [-0.4, -0.2) is 8.42 Å². The van der Waals surface area contributed by atoms with Crippen molar-refractivity contribution in [1.29, 1.82) is 5.26 Å². The van der Waals surface area contributed by atoms with Crippen LogP contribution in [0, 0.1) is 11.3 Å². The van der Waals surface area contributed by atoms with E-state index in [1.807, 2.05) is 6.07 Å². The maximum atomic E-state index is 10.6. The summed E-state index contributed by atoms with van der Waals surface area (Å²) in [4.78, 5) is 0. The largest absolute Gasteiger partial charge is 0.296 e. The minimum atomic E-state index is -3.72. The van der Waals surface area contributed by atoms with Gasteiger partial charge in [0, 0.05) is 5.69 Å². The van der Waals surface area contributed by atoms with Crippen LogP contribution in [-0.2, 0) is 16.6 Å². The molecule has 0 bridgehead atoms. The van der Waals surface area contributed by atoms with Crippen molar-refractivity contribution in [3.05, 3.63) is 29.8 Å². The summed E-state index contributed by atoms with van der Waals surface area (Å²) in [6.07, 6.45) is 0.301. The molecular formula is C8H9N3O2S. The highest BCUT2D eigenvalue weighted by atomic mass is 32.2. The predicted molar refractivity (Wildman–Crippen MR) is 52.5 cm³/mol. The summed E-state index contributed by atoms with van der Waals surface area (Å²) in [5.74, 6) is 0. The first-order valence-electron chi connectivity index (χ1n) is 3.78. The van der Waals surface area contributed by atoms with Crippen LogP contribution in [0.4, 0.5) is 5.69 Å². The Morgan fingerprint density at radius 3 is 2.36 bits per heavy atom. The highest BCUT2D eigenvalue weighted by Gasteiger charge is 2.01. The molecule has 14 heavy (non-hydrogen) atoms. The highest BCUT2D eigenvalue weighted by Crippen LogP contribution is 2.10. The minimum absolute atomic E-state index is 0.301. The Bertz CT molecular complexity index is 444. The lowest BCUT2D eigenvalue weighted by Crippen LogP contribution is -2.21. The van der Waals surface area contributed by atoms with Crippen LogP contribution >= 0.6 is 0 Å². The molecule has 0 saturated heterocycles. The second-order valence-electron chi connectivity index (χ2n) is 2.68. The number of nitriles is 1. The maximum Gasteiger partial charge on any atom is 0.296 e. The molecule has 0 aliphatic heterocycles. The zero-order valence-corrected chi connectivity index (χ0v) is 8.08. The first-order valence-corrected chi connectivity index (χ1v) is 5.32. The number of rotatable bonds is 3. The molecule has 0 aromatic heterocycles. The molecule has 5 nitrogen and oxygen atoms in total. The molecule has 0 radical (unpaired) electrons. The lowest BCUT2D eigenvalue weighted by Gasteiger charge is -2.03. The van der Waals surface area contributed by atoms with Crippen LogP contribution in [0.3, 0.4) is 0 Å². The number of anilines is 1. The summed E-state index contributed by atoms with van der Waals surface area (Å²) in [5.41, 5.74) is 1.21. The van der Waals surface area contributed by atoms with E-state index in [0.717, 1.165) is 5.56 Å². The van der Waals surface area contributed by atoms with Crippen molar-refractivity contribution in [2.24, 2.45) is 5.14 Å². The molecule has 0 aliphatic rings. The van der Waals surface area contributed by atoms with Gasteiger partial charge in [-0.3, -0.25) is 4.72 Å². The fourth-order valence-corrected chi connectivity index (χ4v) is 1.41. The quantitative estimate of drug-likeness (QED) is 0.755. The van der Waals surface area contributed by atoms with Gasteiger partial charge >= 0.3 is 0 Å². The number of benzene rings is 1. The van der Waals surface area contributed by atoms with Crippen LogP contribution in [0.2, 0.25) is 0 Å². The average molecular weight is 211 g/mol. The van der Waals surface area contributed by atoms with Crippen molar-refractivity contribution in [1.82, 2.24) is 0 Å². The van der Waals surface area contributed by atoms with Crippen LogP contribution in [0.15, 0.2) is 24.3 Å². The minimum Gasteiger partial charge on any atom is -0.271 e. The van der Waals surface area contributed by atoms with Crippen molar-refractivity contribution in [2.45, 2.75) is 6.42 Å². The molecule has 0 atom stereocenters. The summed E-state index contributed by atoms with van der Waals surface area (Å²) < 4.78 is 23.4. The Kier molecular flexibility index (Phi) is 3.06. The SMILES string of the molecule is N#CCc1ccc(NS(N)(=O)=O)cc1. The van der Waals surface area contributed by atoms with Crippen LogP contribution in [0.1, 0.15) is 5.56 Å². The Morgan fingerprint density at radius 2 is 1.93 bits per heavy atom. The van der Waals surface area contributed by atoms with Crippen molar-refractivity contribution in [3.8, 4) is 6.07 Å². The number of nitrogens with two attached hydrogens (primary N) is 1. The third-order valence-electron chi connectivity index (χ3n) is 1.50. The first kappa shape index (κ1) is 10.5. The molecule has 0 amide bonds. The van der Waals surface area contributed by atoms with Gasteiger partial charge in [-0.2, -0.15) is 13.7 Å². The fourth-order valence-electron chi connectivity index (χ4n) is 0.946. The van der Waals surface area contributed by atoms with E-state index in [0.29, 0.717) is 12.1 Å². The van der Waals surface area contributed by atoms with Crippen molar-refractivity contribution in [3.63, 3.8) is 0 Å². The summed E-state index contributed by atoms with van der Waals surface area (Å²) in [6, 6.07) is 8.42. The number of nitrogens with zero attached hydrogens (tertiary/aromatic N) is 1. The van der Waals surface area contributed by atoms with Crippen LogP contribution in [0.5, 0.6) is 0 Å². The molecule has 0 fully saturated rings. The van der Waals surface area contributed by atoms with E-state index in [-0.39, 0.29) is 0 Å². The second-order valence-corrected chi connectivity index (χ2v) is 3.97. The van der Waals surface area contributed by atoms with E-state index in [1.54, 1.807) is 24.3 Å². The highest BCUT2D eigenvalue weighted by molar-refractivity contribution is 7.90. The molecule has 74 valence electrons. The molecule has 0 unspecified atom stereocenters. The van der Waals surface area contributed by atoms with Crippen LogP contribution in [0.25, 0.3) is 0 Å². The molecule has 1 aromatic carbocycles. The molecule has 0 spiro atoms. The van der Waals surface area contributed by atoms with Gasteiger partial charge < -0.3 is 0 Å². The number of nitrogens with one attached hydrogen (secondary N) is 1. The van der Waals surface area contributed by atoms with Gasteiger partial charge in [-0.25, -0.2) is 5.14 Å². The molecular weight excluding hydrogens is 202 g/mol. The van der Waals surface area contributed by atoms with Gasteiger partial charge in [0.2, 0.25) is 0 Å². The van der Waals surface area contributed by atoms with Gasteiger partial charge in [0.05, 0.1) is 12.5 Å². The van der Waals surface area contributed by atoms with Gasteiger partial charge in [-0.05, 0) is 17.7 Å². The van der Waals surface area contributed by atoms with Crippen molar-refractivity contribution in [2.75, 3.05) is 4.72 Å². The normalized spacial score (nSPS) is 10.6. The van der Waals surface area contributed by atoms with Gasteiger partial charge in [-0.1, -0.05) is 12.1 Å². The van der Waals surface area contributed by atoms with Crippen LogP contribution < -0.4 is 9.86 Å². The molecule has 1 rings (SSSR count). The topological polar surface area (TPSA) is 96.0 Å². The third-order valence-corrected chi connectivity index (χ3v) is 2.02. The lowest BCUT2D eigenvalue weighted by atomic mass is 10.1. The lowest BCUT2D eigenvalue weighted by molar-refractivity contribution is 0.603. The zero-order chi connectivity index (χ0) is 10.6. The third kappa shape index (κ3) is 3.43. The summed E-state index contributed by atoms with van der Waals surface area (Å²) >= 11 is 0. The van der Waals surface area contributed by atoms with Gasteiger partial charge in [0.25, 0.3) is 10.2 Å². The van der Waals surface area contributed by atoms with E-state index in [4.69, 9.17) is 10.4 Å². The second kappa shape index (κ2) is 4.09. The smallest absolute Gasteiger partial charge is 0.271 e. The summed E-state index contributed by atoms with van der Waals surface area (Å²) in [5, 5.41) is 13.2. The Hall–Kier alpha value is -1.58. The average Bonchev–Trinajstić information content (AvgIpc) is 2.06. The fraction of sp³-hybridized carbons (Fsp3) is 0.125. The Morgan fingerprint density at radius 1 is 1.36 bits per heavy atom. The maximum absolute atomic E-state index is 10.6. The zero-order valence-electron chi connectivity index (χ0n) is 7.27. The Labute approximate surface area is 82.3 Å². The molecule has 1 aromatic rings. The predicted octanol–water partition coefficient (Wildman–Crippen LogP) is 0.368. The Balaban J connectivity index is 2.80. The van der Waals surface area contributed by atoms with E-state index in [9.17, 15) is 8.42 Å². The molecule has 0 aliphatic carbocycles. The van der Waals surface area contributed by atoms with E-state index < -0.39 is 10.2 Å². The van der Waals surface area contributed by atoms with E-state index in [2.05, 4.69) is 4.72 Å². The summed E-state index contributed by atoms with van der Waals surface area (Å²) in [6.45, 7) is 0. The van der Waals surface area contributed by atoms with E-state index in [1.165, 1.54) is 0 Å². The standard InChI is InChI=1S/C8H9N3O2S/c9-6-5-7-1-3-8(4-2-7)11-14(10,12)13/h1-4,11H,5H2,(H2,10,12,13). The number of hydrogen-bond acceptors (Lipinski definition) is 3. The van der Waals surface area contributed by atoms with E-state index >= 15 is 0 Å². The summed E-state index contributed by atoms with van der Waals surface area (Å²) in [7, 11) is -3.72. The molecule has 0 heterocycles. The van der Waals surface area contributed by atoms with Crippen molar-refractivity contribution < 1.29 is 8.42 Å².